The first kappa shape index (κ1) is 11.2. The SMILES string of the molecule is Cc1onc(-c2cccc(Br)c2)c1-c1c[nH]cn1. The topological polar surface area (TPSA) is 54.7 Å². The second kappa shape index (κ2) is 4.42. The molecule has 0 aliphatic rings. The molecule has 90 valence electrons. The van der Waals surface area contributed by atoms with Gasteiger partial charge in [-0.25, -0.2) is 4.98 Å². The molecule has 18 heavy (non-hydrogen) atoms. The number of aromatic amines is 1. The van der Waals surface area contributed by atoms with Crippen molar-refractivity contribution < 1.29 is 4.52 Å². The van der Waals surface area contributed by atoms with Crippen molar-refractivity contribution in [3.63, 3.8) is 0 Å². The molecule has 0 aliphatic carbocycles. The van der Waals surface area contributed by atoms with Crippen LogP contribution in [0.2, 0.25) is 0 Å². The smallest absolute Gasteiger partial charge is 0.143 e. The molecular weight excluding hydrogens is 294 g/mol. The van der Waals surface area contributed by atoms with Crippen LogP contribution in [0.5, 0.6) is 0 Å². The summed E-state index contributed by atoms with van der Waals surface area (Å²) in [6.45, 7) is 1.89. The maximum absolute atomic E-state index is 5.29. The highest BCUT2D eigenvalue weighted by Gasteiger charge is 2.17. The molecule has 2 aromatic heterocycles. The van der Waals surface area contributed by atoms with E-state index in [4.69, 9.17) is 4.52 Å². The molecule has 0 aliphatic heterocycles. The van der Waals surface area contributed by atoms with Gasteiger partial charge in [-0.05, 0) is 19.1 Å². The summed E-state index contributed by atoms with van der Waals surface area (Å²) in [6, 6.07) is 7.95. The van der Waals surface area contributed by atoms with Crippen LogP contribution in [-0.4, -0.2) is 15.1 Å². The van der Waals surface area contributed by atoms with Crippen LogP contribution in [0.4, 0.5) is 0 Å². The summed E-state index contributed by atoms with van der Waals surface area (Å²) in [4.78, 5) is 7.21. The van der Waals surface area contributed by atoms with Gasteiger partial charge < -0.3 is 9.51 Å². The average Bonchev–Trinajstić information content (AvgIpc) is 2.97. The summed E-state index contributed by atoms with van der Waals surface area (Å²) in [7, 11) is 0. The highest BCUT2D eigenvalue weighted by Crippen LogP contribution is 2.33. The predicted molar refractivity (Wildman–Crippen MR) is 72.0 cm³/mol. The molecule has 5 heteroatoms. The number of imidazole rings is 1. The van der Waals surface area contributed by atoms with E-state index in [9.17, 15) is 0 Å². The molecule has 4 nitrogen and oxygen atoms in total. The third-order valence-electron chi connectivity index (χ3n) is 2.72. The number of halogens is 1. The molecule has 1 N–H and O–H groups in total. The van der Waals surface area contributed by atoms with Gasteiger partial charge in [-0.2, -0.15) is 0 Å². The molecule has 1 aromatic carbocycles. The number of rotatable bonds is 2. The maximum atomic E-state index is 5.29. The van der Waals surface area contributed by atoms with E-state index in [-0.39, 0.29) is 0 Å². The van der Waals surface area contributed by atoms with Crippen molar-refractivity contribution in [2.24, 2.45) is 0 Å². The van der Waals surface area contributed by atoms with Crippen molar-refractivity contribution in [2.75, 3.05) is 0 Å². The van der Waals surface area contributed by atoms with E-state index in [0.29, 0.717) is 0 Å². The van der Waals surface area contributed by atoms with Crippen LogP contribution in [-0.2, 0) is 0 Å². The summed E-state index contributed by atoms with van der Waals surface area (Å²) in [5, 5.41) is 4.13. The Kier molecular flexibility index (Phi) is 2.76. The lowest BCUT2D eigenvalue weighted by Crippen LogP contribution is -1.84. The first-order valence-electron chi connectivity index (χ1n) is 5.47. The number of aromatic nitrogens is 3. The fraction of sp³-hybridized carbons (Fsp3) is 0.0769. The third-order valence-corrected chi connectivity index (χ3v) is 3.21. The van der Waals surface area contributed by atoms with E-state index >= 15 is 0 Å². The van der Waals surface area contributed by atoms with Gasteiger partial charge in [-0.15, -0.1) is 0 Å². The van der Waals surface area contributed by atoms with E-state index < -0.39 is 0 Å². The minimum absolute atomic E-state index is 0.761. The van der Waals surface area contributed by atoms with Crippen LogP contribution in [0.25, 0.3) is 22.5 Å². The highest BCUT2D eigenvalue weighted by molar-refractivity contribution is 9.10. The quantitative estimate of drug-likeness (QED) is 0.783. The zero-order chi connectivity index (χ0) is 12.5. The Hall–Kier alpha value is -1.88. The lowest BCUT2D eigenvalue weighted by molar-refractivity contribution is 0.400. The monoisotopic (exact) mass is 303 g/mol. The standard InChI is InChI=1S/C13H10BrN3O/c1-8-12(11-6-15-7-16-11)13(17-18-8)9-3-2-4-10(14)5-9/h2-7H,1H3,(H,15,16). The third kappa shape index (κ3) is 1.86. The van der Waals surface area contributed by atoms with Crippen molar-refractivity contribution in [1.82, 2.24) is 15.1 Å². The van der Waals surface area contributed by atoms with Gasteiger partial charge in [0.1, 0.15) is 11.5 Å². The number of hydrogen-bond acceptors (Lipinski definition) is 3. The molecule has 0 spiro atoms. The van der Waals surface area contributed by atoms with E-state index in [1.807, 2.05) is 37.4 Å². The molecule has 3 aromatic rings. The first-order chi connectivity index (χ1) is 8.75. The Balaban J connectivity index is 2.20. The average molecular weight is 304 g/mol. The van der Waals surface area contributed by atoms with Crippen LogP contribution in [0.1, 0.15) is 5.76 Å². The Morgan fingerprint density at radius 1 is 1.33 bits per heavy atom. The zero-order valence-corrected chi connectivity index (χ0v) is 11.2. The van der Waals surface area contributed by atoms with Gasteiger partial charge in [0.05, 0.1) is 17.6 Å². The first-order valence-corrected chi connectivity index (χ1v) is 6.26. The van der Waals surface area contributed by atoms with E-state index in [0.717, 1.165) is 32.7 Å². The number of hydrogen-bond donors (Lipinski definition) is 1. The molecular formula is C13H10BrN3O. The fourth-order valence-electron chi connectivity index (χ4n) is 1.90. The molecule has 0 amide bonds. The molecule has 0 bridgehead atoms. The van der Waals surface area contributed by atoms with Crippen LogP contribution in [0, 0.1) is 6.92 Å². The van der Waals surface area contributed by atoms with Gasteiger partial charge in [0.15, 0.2) is 0 Å². The second-order valence-electron chi connectivity index (χ2n) is 3.93. The summed E-state index contributed by atoms with van der Waals surface area (Å²) < 4.78 is 6.30. The van der Waals surface area contributed by atoms with Crippen molar-refractivity contribution in [3.05, 3.63) is 47.0 Å². The van der Waals surface area contributed by atoms with Gasteiger partial charge >= 0.3 is 0 Å². The Labute approximate surface area is 112 Å². The molecule has 0 unspecified atom stereocenters. The molecule has 2 heterocycles. The minimum atomic E-state index is 0.761. The molecule has 0 saturated carbocycles. The van der Waals surface area contributed by atoms with E-state index in [1.54, 1.807) is 6.33 Å². The number of aryl methyl sites for hydroxylation is 1. The van der Waals surface area contributed by atoms with E-state index in [2.05, 4.69) is 31.1 Å². The van der Waals surface area contributed by atoms with E-state index in [1.165, 1.54) is 0 Å². The Morgan fingerprint density at radius 2 is 2.22 bits per heavy atom. The van der Waals surface area contributed by atoms with Gasteiger partial charge in [-0.1, -0.05) is 33.2 Å². The molecule has 0 saturated heterocycles. The van der Waals surface area contributed by atoms with Gasteiger partial charge in [0, 0.05) is 16.2 Å². The van der Waals surface area contributed by atoms with Crippen LogP contribution < -0.4 is 0 Å². The van der Waals surface area contributed by atoms with Crippen LogP contribution in [0.3, 0.4) is 0 Å². The summed E-state index contributed by atoms with van der Waals surface area (Å²) >= 11 is 3.46. The number of benzene rings is 1. The molecule has 0 fully saturated rings. The highest BCUT2D eigenvalue weighted by atomic mass is 79.9. The van der Waals surface area contributed by atoms with Crippen molar-refractivity contribution >= 4 is 15.9 Å². The number of nitrogens with zero attached hydrogens (tertiary/aromatic N) is 2. The Bertz CT molecular complexity index is 673. The van der Waals surface area contributed by atoms with Crippen molar-refractivity contribution in [3.8, 4) is 22.5 Å². The van der Waals surface area contributed by atoms with Crippen LogP contribution in [0.15, 0.2) is 45.8 Å². The largest absolute Gasteiger partial charge is 0.360 e. The predicted octanol–water partition coefficient (Wildman–Crippen LogP) is 3.80. The van der Waals surface area contributed by atoms with Crippen molar-refractivity contribution in [2.45, 2.75) is 6.92 Å². The summed E-state index contributed by atoms with van der Waals surface area (Å²) in [5.74, 6) is 0.761. The molecule has 0 atom stereocenters. The van der Waals surface area contributed by atoms with Gasteiger partial charge in [0.25, 0.3) is 0 Å². The van der Waals surface area contributed by atoms with Crippen LogP contribution >= 0.6 is 15.9 Å². The van der Waals surface area contributed by atoms with Gasteiger partial charge in [-0.3, -0.25) is 0 Å². The molecule has 3 rings (SSSR count). The number of H-pyrrole nitrogens is 1. The second-order valence-corrected chi connectivity index (χ2v) is 4.84. The summed E-state index contributed by atoms with van der Waals surface area (Å²) in [5.41, 5.74) is 3.57. The maximum Gasteiger partial charge on any atom is 0.143 e. The fourth-order valence-corrected chi connectivity index (χ4v) is 2.30. The Morgan fingerprint density at radius 3 is 2.94 bits per heavy atom. The van der Waals surface area contributed by atoms with Gasteiger partial charge in [0.2, 0.25) is 0 Å². The zero-order valence-electron chi connectivity index (χ0n) is 9.64. The normalized spacial score (nSPS) is 10.8. The summed E-state index contributed by atoms with van der Waals surface area (Å²) in [6.07, 6.45) is 3.48. The molecule has 0 radical (unpaired) electrons. The minimum Gasteiger partial charge on any atom is -0.360 e. The lowest BCUT2D eigenvalue weighted by atomic mass is 10.0. The lowest BCUT2D eigenvalue weighted by Gasteiger charge is -2.00. The van der Waals surface area contributed by atoms with Crippen molar-refractivity contribution in [1.29, 1.82) is 0 Å². The number of nitrogens with one attached hydrogen (secondary N) is 1.